The van der Waals surface area contributed by atoms with Crippen molar-refractivity contribution in [1.82, 2.24) is 15.0 Å². The molecule has 0 saturated carbocycles. The first kappa shape index (κ1) is 35.2. The predicted molar refractivity (Wildman–Crippen MR) is 250 cm³/mol. The number of anilines is 2. The van der Waals surface area contributed by atoms with Crippen LogP contribution in [0.25, 0.3) is 83.2 Å². The SMILES string of the molecule is C=C1c2ccccc2-c2c1cccc2-c1nc(-c2cccc(C(C)=Nc3ccccc3Nc3ccccc3)c2)nc(-c2ccc3c4ccccc4c4ccccc4c3c2)n1. The zero-order chi connectivity index (χ0) is 40.2. The monoisotopic (exact) mass is 767 g/mol. The summed E-state index contributed by atoms with van der Waals surface area (Å²) in [5.41, 5.74) is 12.8. The van der Waals surface area contributed by atoms with E-state index >= 15 is 0 Å². The van der Waals surface area contributed by atoms with Gasteiger partial charge in [-0.1, -0.05) is 158 Å². The number of para-hydroxylation sites is 3. The lowest BCUT2D eigenvalue weighted by Gasteiger charge is -2.14. The van der Waals surface area contributed by atoms with E-state index in [-0.39, 0.29) is 0 Å². The van der Waals surface area contributed by atoms with Crippen LogP contribution < -0.4 is 5.32 Å². The number of nitrogens with zero attached hydrogens (tertiary/aromatic N) is 4. The second kappa shape index (κ2) is 14.4. The fourth-order valence-corrected chi connectivity index (χ4v) is 8.67. The summed E-state index contributed by atoms with van der Waals surface area (Å²) in [5.74, 6) is 1.80. The van der Waals surface area contributed by atoms with Crippen LogP contribution in [0.2, 0.25) is 0 Å². The molecule has 0 atom stereocenters. The number of aliphatic imine (C=N–C) groups is 1. The Bertz CT molecular complexity index is 3350. The first-order valence-corrected chi connectivity index (χ1v) is 20.2. The number of fused-ring (bicyclic) bond motifs is 9. The largest absolute Gasteiger partial charge is 0.354 e. The Morgan fingerprint density at radius 1 is 0.450 bits per heavy atom. The molecule has 0 radical (unpaired) electrons. The molecule has 0 saturated heterocycles. The zero-order valence-corrected chi connectivity index (χ0v) is 32.9. The first-order chi connectivity index (χ1) is 29.6. The van der Waals surface area contributed by atoms with Crippen molar-refractivity contribution in [1.29, 1.82) is 0 Å². The molecule has 282 valence electrons. The van der Waals surface area contributed by atoms with E-state index < -0.39 is 0 Å². The van der Waals surface area contributed by atoms with Gasteiger partial charge in [-0.25, -0.2) is 15.0 Å². The Balaban J connectivity index is 1.08. The summed E-state index contributed by atoms with van der Waals surface area (Å²) in [4.78, 5) is 21.0. The van der Waals surface area contributed by atoms with Gasteiger partial charge in [-0.15, -0.1) is 0 Å². The van der Waals surface area contributed by atoms with Gasteiger partial charge in [-0.3, -0.25) is 4.99 Å². The number of hydrogen-bond acceptors (Lipinski definition) is 5. The van der Waals surface area contributed by atoms with Gasteiger partial charge in [0.25, 0.3) is 0 Å². The Morgan fingerprint density at radius 3 is 1.75 bits per heavy atom. The van der Waals surface area contributed by atoms with Crippen molar-refractivity contribution in [3.8, 4) is 45.3 Å². The van der Waals surface area contributed by atoms with Crippen LogP contribution in [0.15, 0.2) is 200 Å². The highest BCUT2D eigenvalue weighted by Crippen LogP contribution is 2.47. The molecule has 1 N–H and O–H groups in total. The molecular weight excluding hydrogens is 731 g/mol. The fraction of sp³-hybridized carbons (Fsp3) is 0.0182. The van der Waals surface area contributed by atoms with Gasteiger partial charge in [0.15, 0.2) is 17.5 Å². The van der Waals surface area contributed by atoms with E-state index in [2.05, 4.69) is 164 Å². The lowest BCUT2D eigenvalue weighted by atomic mass is 9.93. The van der Waals surface area contributed by atoms with Crippen LogP contribution in [-0.4, -0.2) is 20.7 Å². The molecule has 5 nitrogen and oxygen atoms in total. The van der Waals surface area contributed by atoms with Crippen molar-refractivity contribution in [2.75, 3.05) is 5.32 Å². The summed E-state index contributed by atoms with van der Waals surface area (Å²) >= 11 is 0. The van der Waals surface area contributed by atoms with Gasteiger partial charge < -0.3 is 5.32 Å². The summed E-state index contributed by atoms with van der Waals surface area (Å²) in [5, 5.41) is 10.8. The van der Waals surface area contributed by atoms with E-state index in [1.807, 2.05) is 43.3 Å². The molecule has 11 rings (SSSR count). The molecule has 10 aromatic rings. The van der Waals surface area contributed by atoms with Crippen LogP contribution in [0.5, 0.6) is 0 Å². The van der Waals surface area contributed by atoms with Crippen LogP contribution >= 0.6 is 0 Å². The molecule has 0 amide bonds. The molecule has 9 aromatic carbocycles. The molecule has 0 spiro atoms. The lowest BCUT2D eigenvalue weighted by molar-refractivity contribution is 1.07. The number of benzene rings is 9. The highest BCUT2D eigenvalue weighted by atomic mass is 15.0. The topological polar surface area (TPSA) is 63.1 Å². The summed E-state index contributed by atoms with van der Waals surface area (Å²) in [6.45, 7) is 6.54. The summed E-state index contributed by atoms with van der Waals surface area (Å²) < 4.78 is 0. The average molecular weight is 768 g/mol. The highest BCUT2D eigenvalue weighted by molar-refractivity contribution is 6.25. The quantitative estimate of drug-likeness (QED) is 0.130. The fourth-order valence-electron chi connectivity index (χ4n) is 8.67. The maximum Gasteiger partial charge on any atom is 0.164 e. The van der Waals surface area contributed by atoms with E-state index in [9.17, 15) is 0 Å². The summed E-state index contributed by atoms with van der Waals surface area (Å²) in [6.07, 6.45) is 0. The van der Waals surface area contributed by atoms with Crippen LogP contribution in [0, 0.1) is 0 Å². The first-order valence-electron chi connectivity index (χ1n) is 20.2. The predicted octanol–water partition coefficient (Wildman–Crippen LogP) is 14.3. The molecule has 1 heterocycles. The van der Waals surface area contributed by atoms with Gasteiger partial charge in [-0.2, -0.15) is 0 Å². The van der Waals surface area contributed by atoms with Crippen molar-refractivity contribution in [3.05, 3.63) is 211 Å². The van der Waals surface area contributed by atoms with E-state index in [0.29, 0.717) is 17.5 Å². The van der Waals surface area contributed by atoms with Crippen LogP contribution in [0.3, 0.4) is 0 Å². The van der Waals surface area contributed by atoms with Crippen LogP contribution in [0.4, 0.5) is 17.1 Å². The molecule has 1 aromatic heterocycles. The van der Waals surface area contributed by atoms with Gasteiger partial charge in [0.05, 0.1) is 11.4 Å². The lowest BCUT2D eigenvalue weighted by Crippen LogP contribution is -2.02. The molecular formula is C55H37N5. The highest BCUT2D eigenvalue weighted by Gasteiger charge is 2.26. The normalized spacial score (nSPS) is 12.2. The minimum Gasteiger partial charge on any atom is -0.354 e. The van der Waals surface area contributed by atoms with Gasteiger partial charge in [0.1, 0.15) is 0 Å². The maximum atomic E-state index is 5.30. The maximum absolute atomic E-state index is 5.30. The number of hydrogen-bond donors (Lipinski definition) is 1. The number of aromatic nitrogens is 3. The van der Waals surface area contributed by atoms with Gasteiger partial charge >= 0.3 is 0 Å². The van der Waals surface area contributed by atoms with Crippen molar-refractivity contribution >= 4 is 60.7 Å². The molecule has 5 heteroatoms. The molecule has 0 unspecified atom stereocenters. The summed E-state index contributed by atoms with van der Waals surface area (Å²) in [7, 11) is 0. The van der Waals surface area contributed by atoms with Crippen molar-refractivity contribution in [2.24, 2.45) is 4.99 Å². The molecule has 1 aliphatic rings. The molecule has 1 aliphatic carbocycles. The van der Waals surface area contributed by atoms with Crippen LogP contribution in [0.1, 0.15) is 23.6 Å². The Kier molecular flexibility index (Phi) is 8.45. The van der Waals surface area contributed by atoms with E-state index in [1.54, 1.807) is 0 Å². The Hall–Kier alpha value is -8.02. The Morgan fingerprint density at radius 2 is 1.00 bits per heavy atom. The van der Waals surface area contributed by atoms with E-state index in [1.165, 1.54) is 26.9 Å². The van der Waals surface area contributed by atoms with Crippen LogP contribution in [-0.2, 0) is 0 Å². The van der Waals surface area contributed by atoms with Crippen molar-refractivity contribution < 1.29 is 0 Å². The minimum absolute atomic E-state index is 0.585. The van der Waals surface area contributed by atoms with Gasteiger partial charge in [0.2, 0.25) is 0 Å². The zero-order valence-electron chi connectivity index (χ0n) is 32.9. The van der Waals surface area contributed by atoms with Crippen molar-refractivity contribution in [3.63, 3.8) is 0 Å². The van der Waals surface area contributed by atoms with Gasteiger partial charge in [-0.05, 0) is 103 Å². The van der Waals surface area contributed by atoms with Gasteiger partial charge in [0, 0.05) is 33.7 Å². The average Bonchev–Trinajstić information content (AvgIpc) is 3.61. The van der Waals surface area contributed by atoms with Crippen molar-refractivity contribution in [2.45, 2.75) is 6.92 Å². The summed E-state index contributed by atoms with van der Waals surface area (Å²) in [6, 6.07) is 65.3. The second-order valence-electron chi connectivity index (χ2n) is 15.2. The Labute approximate surface area is 348 Å². The third-order valence-electron chi connectivity index (χ3n) is 11.6. The number of nitrogens with one attached hydrogen (secondary N) is 1. The third-order valence-corrected chi connectivity index (χ3v) is 11.6. The van der Waals surface area contributed by atoms with E-state index in [4.69, 9.17) is 19.9 Å². The molecule has 0 aliphatic heterocycles. The molecule has 0 fully saturated rings. The third kappa shape index (κ3) is 6.03. The number of rotatable bonds is 7. The molecule has 60 heavy (non-hydrogen) atoms. The minimum atomic E-state index is 0.585. The smallest absolute Gasteiger partial charge is 0.164 e. The standard InChI is InChI=1S/C55H37N5/c1-34-40-20-6-11-25-47(40)52-41(34)26-15-27-48(52)55-59-53(37-17-14-16-36(32-37)35(2)56-50-28-12-13-29-51(50)57-39-18-4-3-5-19-39)58-54(60-55)38-30-31-46-44-23-8-7-21-42(44)43-22-9-10-24-45(43)49(46)33-38/h3-33,57H,1H2,2H3. The van der Waals surface area contributed by atoms with E-state index in [0.717, 1.165) is 78.2 Å². The second-order valence-corrected chi connectivity index (χ2v) is 15.2. The molecule has 0 bridgehead atoms.